The Morgan fingerprint density at radius 3 is 2.61 bits per heavy atom. The molecule has 4 heterocycles. The van der Waals surface area contributed by atoms with Gasteiger partial charge in [-0.1, -0.05) is 39.9 Å². The number of thioether (sulfide) groups is 1. The molecule has 4 rings (SSSR count). The molecule has 1 unspecified atom stereocenters. The minimum Gasteiger partial charge on any atom is -0.477 e. The molecule has 2 aliphatic rings. The minimum atomic E-state index is -1.28. The highest BCUT2D eigenvalue weighted by Crippen LogP contribution is 2.43. The van der Waals surface area contributed by atoms with Gasteiger partial charge in [0.15, 0.2) is 10.8 Å². The van der Waals surface area contributed by atoms with Gasteiger partial charge in [0.25, 0.3) is 11.8 Å². The average molecular weight is 511 g/mol. The van der Waals surface area contributed by atoms with E-state index in [1.165, 1.54) is 12.4 Å². The van der Waals surface area contributed by atoms with E-state index in [0.29, 0.717) is 22.6 Å². The van der Waals surface area contributed by atoms with E-state index in [9.17, 15) is 24.7 Å². The number of fused-ring (bicyclic) bond motifs is 1. The van der Waals surface area contributed by atoms with Gasteiger partial charge in [0.05, 0.1) is 6.04 Å². The second-order valence-corrected chi connectivity index (χ2v) is 9.65. The van der Waals surface area contributed by atoms with Gasteiger partial charge in [0.2, 0.25) is 5.95 Å². The molecule has 1 saturated heterocycles. The standard InChI is InChI=1S/C17H15ClN8O5S2/c18-12-9(24-17(20)33-12)10(25-31)13(27)23-8-6-1-2-7(11(15(29)30)26(6)14(8)28)32-5-3-21-16(19)22-4-5/h3-4,6,8,31H,1-2H2,(H2,20,24)(H,23,27)(H,29,30)(H2,19,21,22)/b25-10-/t6?,8-/m0/s1. The molecule has 0 aliphatic carbocycles. The van der Waals surface area contributed by atoms with Gasteiger partial charge in [-0.15, -0.1) is 0 Å². The van der Waals surface area contributed by atoms with Gasteiger partial charge in [-0.25, -0.2) is 19.7 Å². The lowest BCUT2D eigenvalue weighted by atomic mass is 9.86. The van der Waals surface area contributed by atoms with Gasteiger partial charge in [0, 0.05) is 22.2 Å². The Labute approximate surface area is 198 Å². The summed E-state index contributed by atoms with van der Waals surface area (Å²) >= 11 is 7.99. The fourth-order valence-corrected chi connectivity index (χ4v) is 5.45. The molecule has 13 nitrogen and oxygen atoms in total. The smallest absolute Gasteiger partial charge is 0.353 e. The van der Waals surface area contributed by atoms with Crippen molar-refractivity contribution in [3.8, 4) is 0 Å². The van der Waals surface area contributed by atoms with Crippen molar-refractivity contribution in [3.05, 3.63) is 33.0 Å². The molecule has 2 atom stereocenters. The Hall–Kier alpha value is -3.43. The number of nitrogens with zero attached hydrogens (tertiary/aromatic N) is 5. The first-order valence-electron chi connectivity index (χ1n) is 9.21. The zero-order valence-corrected chi connectivity index (χ0v) is 18.8. The van der Waals surface area contributed by atoms with Gasteiger partial charge in [-0.3, -0.25) is 14.5 Å². The molecule has 33 heavy (non-hydrogen) atoms. The first-order valence-corrected chi connectivity index (χ1v) is 11.2. The van der Waals surface area contributed by atoms with Crippen molar-refractivity contribution < 1.29 is 24.7 Å². The van der Waals surface area contributed by atoms with Crippen LogP contribution in [-0.4, -0.2) is 65.7 Å². The lowest BCUT2D eigenvalue weighted by molar-refractivity contribution is -0.155. The summed E-state index contributed by atoms with van der Waals surface area (Å²) in [6, 6.07) is -1.60. The first-order chi connectivity index (χ1) is 15.7. The van der Waals surface area contributed by atoms with Crippen LogP contribution in [0.1, 0.15) is 18.5 Å². The zero-order chi connectivity index (χ0) is 23.9. The molecule has 172 valence electrons. The molecule has 2 aliphatic heterocycles. The number of rotatable bonds is 6. The molecule has 7 N–H and O–H groups in total. The van der Waals surface area contributed by atoms with Crippen LogP contribution in [-0.2, 0) is 14.4 Å². The highest BCUT2D eigenvalue weighted by molar-refractivity contribution is 8.03. The Bertz CT molecular complexity index is 1210. The normalized spacial score (nSPS) is 20.3. The second-order valence-electron chi connectivity index (χ2n) is 6.84. The van der Waals surface area contributed by atoms with E-state index in [1.54, 1.807) is 0 Å². The van der Waals surface area contributed by atoms with Crippen LogP contribution in [0.3, 0.4) is 0 Å². The Kier molecular flexibility index (Phi) is 6.09. The Balaban J connectivity index is 1.53. The Morgan fingerprint density at radius 1 is 1.33 bits per heavy atom. The summed E-state index contributed by atoms with van der Waals surface area (Å²) in [7, 11) is 0. The number of β-lactam (4-membered cyclic amide) rings is 1. The monoisotopic (exact) mass is 510 g/mol. The summed E-state index contributed by atoms with van der Waals surface area (Å²) in [4.78, 5) is 51.2. The molecule has 2 aromatic heterocycles. The molecule has 0 bridgehead atoms. The van der Waals surface area contributed by atoms with Crippen LogP contribution in [0.4, 0.5) is 11.1 Å². The van der Waals surface area contributed by atoms with Crippen molar-refractivity contribution in [3.63, 3.8) is 0 Å². The summed E-state index contributed by atoms with van der Waals surface area (Å²) < 4.78 is 0.0408. The van der Waals surface area contributed by atoms with Crippen LogP contribution in [0.25, 0.3) is 0 Å². The number of halogens is 1. The number of hydrogen-bond donors (Lipinski definition) is 5. The number of carbonyl (C=O) groups is 3. The van der Waals surface area contributed by atoms with Crippen molar-refractivity contribution in [1.82, 2.24) is 25.2 Å². The molecule has 16 heteroatoms. The number of carboxylic acid groups (broad SMARTS) is 1. The maximum atomic E-state index is 12.8. The molecule has 0 saturated carbocycles. The number of carbonyl (C=O) groups excluding carboxylic acids is 2. The van der Waals surface area contributed by atoms with Crippen LogP contribution in [0, 0.1) is 0 Å². The highest BCUT2D eigenvalue weighted by atomic mass is 35.5. The number of oxime groups is 1. The zero-order valence-electron chi connectivity index (χ0n) is 16.4. The number of aliphatic carboxylic acids is 1. The van der Waals surface area contributed by atoms with Crippen LogP contribution in [0.15, 0.2) is 33.0 Å². The van der Waals surface area contributed by atoms with E-state index in [2.05, 4.69) is 25.4 Å². The molecule has 1 fully saturated rings. The third kappa shape index (κ3) is 4.17. The molecular weight excluding hydrogens is 496 g/mol. The van der Waals surface area contributed by atoms with Gasteiger partial charge >= 0.3 is 5.97 Å². The van der Waals surface area contributed by atoms with Crippen molar-refractivity contribution >= 4 is 69.3 Å². The van der Waals surface area contributed by atoms with E-state index >= 15 is 0 Å². The predicted molar refractivity (Wildman–Crippen MR) is 119 cm³/mol. The van der Waals surface area contributed by atoms with Crippen LogP contribution >= 0.6 is 34.7 Å². The maximum absolute atomic E-state index is 12.8. The number of nitrogen functional groups attached to an aromatic ring is 2. The molecule has 0 radical (unpaired) electrons. The molecule has 0 spiro atoms. The van der Waals surface area contributed by atoms with Crippen molar-refractivity contribution in [2.75, 3.05) is 11.5 Å². The number of amides is 2. The minimum absolute atomic E-state index is 0.0408. The lowest BCUT2D eigenvalue weighted by Crippen LogP contribution is -2.72. The van der Waals surface area contributed by atoms with Crippen molar-refractivity contribution in [2.24, 2.45) is 5.16 Å². The molecule has 2 aromatic rings. The van der Waals surface area contributed by atoms with Crippen molar-refractivity contribution in [1.29, 1.82) is 0 Å². The number of nitrogens with one attached hydrogen (secondary N) is 1. The summed E-state index contributed by atoms with van der Waals surface area (Å²) in [5.74, 6) is -2.71. The first kappa shape index (κ1) is 22.8. The van der Waals surface area contributed by atoms with Gasteiger partial charge < -0.3 is 27.1 Å². The number of allylic oxidation sites excluding steroid dienone is 1. The number of thiazole rings is 1. The van der Waals surface area contributed by atoms with Crippen LogP contribution < -0.4 is 16.8 Å². The largest absolute Gasteiger partial charge is 0.477 e. The number of anilines is 2. The molecular formula is C17H15ClN8O5S2. The van der Waals surface area contributed by atoms with Gasteiger partial charge in [-0.2, -0.15) is 0 Å². The highest BCUT2D eigenvalue weighted by Gasteiger charge is 2.53. The molecule has 2 amide bonds. The van der Waals surface area contributed by atoms with Crippen molar-refractivity contribution in [2.45, 2.75) is 29.8 Å². The third-order valence-electron chi connectivity index (χ3n) is 4.91. The predicted octanol–water partition coefficient (Wildman–Crippen LogP) is 0.507. The second kappa shape index (κ2) is 8.84. The third-order valence-corrected chi connectivity index (χ3v) is 7.09. The summed E-state index contributed by atoms with van der Waals surface area (Å²) in [5, 5.41) is 24.5. The number of nitrogens with two attached hydrogens (primary N) is 2. The topological polar surface area (TPSA) is 210 Å². The van der Waals surface area contributed by atoms with Crippen LogP contribution in [0.2, 0.25) is 4.34 Å². The fourth-order valence-electron chi connectivity index (χ4n) is 3.52. The SMILES string of the molecule is Nc1ncc(SC2=C(C(=O)O)N3C(=O)[C@@H](NC(=O)/C(=N\O)c4nc(N)sc4Cl)C3CC2)cn1. The number of aromatic nitrogens is 3. The summed E-state index contributed by atoms with van der Waals surface area (Å²) in [6.07, 6.45) is 3.64. The van der Waals surface area contributed by atoms with E-state index < -0.39 is 35.6 Å². The van der Waals surface area contributed by atoms with E-state index in [4.69, 9.17) is 23.1 Å². The fraction of sp³-hybridized carbons (Fsp3) is 0.235. The summed E-state index contributed by atoms with van der Waals surface area (Å²) in [6.45, 7) is 0. The number of carboxylic acids is 1. The maximum Gasteiger partial charge on any atom is 0.353 e. The summed E-state index contributed by atoms with van der Waals surface area (Å²) in [5.41, 5.74) is 10.2. The molecule has 0 aromatic carbocycles. The van der Waals surface area contributed by atoms with E-state index in [1.807, 2.05) is 0 Å². The van der Waals surface area contributed by atoms with Gasteiger partial charge in [0.1, 0.15) is 21.8 Å². The van der Waals surface area contributed by atoms with Gasteiger partial charge in [-0.05, 0) is 12.8 Å². The average Bonchev–Trinajstić information content (AvgIpc) is 3.11. The lowest BCUT2D eigenvalue weighted by Gasteiger charge is -2.50. The Morgan fingerprint density at radius 2 is 2.03 bits per heavy atom. The van der Waals surface area contributed by atoms with E-state index in [-0.39, 0.29) is 26.8 Å². The van der Waals surface area contributed by atoms with E-state index in [0.717, 1.165) is 28.0 Å². The van der Waals surface area contributed by atoms with Crippen LogP contribution in [0.5, 0.6) is 0 Å². The quantitative estimate of drug-likeness (QED) is 0.156. The number of hydrogen-bond acceptors (Lipinski definition) is 12.